The van der Waals surface area contributed by atoms with E-state index in [-0.39, 0.29) is 17.1 Å². The number of sulfone groups is 1. The normalized spacial score (nSPS) is 19.6. The number of hydrogen-bond acceptors (Lipinski definition) is 6. The molecule has 0 saturated heterocycles. The molecule has 0 aromatic carbocycles. The third kappa shape index (κ3) is 2.53. The summed E-state index contributed by atoms with van der Waals surface area (Å²) in [5, 5.41) is 0.506. The maximum Gasteiger partial charge on any atom is 0.187 e. The van der Waals surface area contributed by atoms with E-state index >= 15 is 0 Å². The summed E-state index contributed by atoms with van der Waals surface area (Å²) in [7, 11) is -3.30. The minimum Gasteiger partial charge on any atom is -0.382 e. The monoisotopic (exact) mass is 315 g/mol. The molecule has 0 radical (unpaired) electrons. The van der Waals surface area contributed by atoms with E-state index in [4.69, 9.17) is 5.73 Å². The van der Waals surface area contributed by atoms with Gasteiger partial charge < -0.3 is 10.6 Å². The van der Waals surface area contributed by atoms with E-state index < -0.39 is 9.84 Å². The Labute approximate surface area is 124 Å². The molecular formula is C13H21N3O2S2. The van der Waals surface area contributed by atoms with Crippen LogP contribution in [0, 0.1) is 5.92 Å². The third-order valence-corrected chi connectivity index (χ3v) is 7.29. The van der Waals surface area contributed by atoms with Crippen LogP contribution in [0.15, 0.2) is 4.90 Å². The van der Waals surface area contributed by atoms with Gasteiger partial charge >= 0.3 is 0 Å². The van der Waals surface area contributed by atoms with Crippen LogP contribution in [-0.2, 0) is 9.84 Å². The largest absolute Gasteiger partial charge is 0.382 e. The molecule has 112 valence electrons. The Kier molecular flexibility index (Phi) is 3.44. The van der Waals surface area contributed by atoms with Gasteiger partial charge in [0, 0.05) is 12.6 Å². The summed E-state index contributed by atoms with van der Waals surface area (Å²) < 4.78 is 29.3. The van der Waals surface area contributed by atoms with Crippen LogP contribution in [-0.4, -0.2) is 30.6 Å². The molecule has 0 spiro atoms. The number of hydrogen-bond donors (Lipinski definition) is 1. The van der Waals surface area contributed by atoms with Gasteiger partial charge in [-0.3, -0.25) is 0 Å². The average molecular weight is 315 g/mol. The van der Waals surface area contributed by atoms with Gasteiger partial charge in [0.25, 0.3) is 0 Å². The maximum atomic E-state index is 12.6. The third-order valence-electron chi connectivity index (χ3n) is 3.94. The van der Waals surface area contributed by atoms with Gasteiger partial charge in [-0.2, -0.15) is 4.37 Å². The zero-order valence-electron chi connectivity index (χ0n) is 11.9. The van der Waals surface area contributed by atoms with Gasteiger partial charge in [-0.15, -0.1) is 0 Å². The predicted molar refractivity (Wildman–Crippen MR) is 81.9 cm³/mol. The zero-order valence-corrected chi connectivity index (χ0v) is 13.5. The molecule has 1 aromatic rings. The molecule has 5 nitrogen and oxygen atoms in total. The highest BCUT2D eigenvalue weighted by Crippen LogP contribution is 2.44. The fourth-order valence-corrected chi connectivity index (χ4v) is 5.55. The molecule has 7 heteroatoms. The molecule has 0 unspecified atom stereocenters. The summed E-state index contributed by atoms with van der Waals surface area (Å²) in [6.45, 7) is 5.09. The molecule has 2 saturated carbocycles. The van der Waals surface area contributed by atoms with Crippen molar-refractivity contribution in [2.75, 3.05) is 17.2 Å². The topological polar surface area (TPSA) is 76.3 Å². The van der Waals surface area contributed by atoms with Crippen molar-refractivity contribution in [1.29, 1.82) is 0 Å². The molecule has 2 N–H and O–H groups in total. The van der Waals surface area contributed by atoms with Gasteiger partial charge in [0.15, 0.2) is 15.7 Å². The van der Waals surface area contributed by atoms with Crippen molar-refractivity contribution in [3.05, 3.63) is 0 Å². The van der Waals surface area contributed by atoms with Gasteiger partial charge in [0.2, 0.25) is 0 Å². The SMILES string of the molecule is CC(C)N(CC1CC1)c1snc(N)c1S(=O)(=O)C1CC1. The van der Waals surface area contributed by atoms with E-state index in [2.05, 4.69) is 23.1 Å². The van der Waals surface area contributed by atoms with Crippen molar-refractivity contribution in [1.82, 2.24) is 4.37 Å². The molecule has 2 fully saturated rings. The fraction of sp³-hybridized carbons (Fsp3) is 0.769. The van der Waals surface area contributed by atoms with Crippen molar-refractivity contribution in [3.63, 3.8) is 0 Å². The Morgan fingerprint density at radius 1 is 1.35 bits per heavy atom. The van der Waals surface area contributed by atoms with Crippen molar-refractivity contribution < 1.29 is 8.42 Å². The number of nitrogens with two attached hydrogens (primary N) is 1. The number of nitrogens with zero attached hydrogens (tertiary/aromatic N) is 2. The summed E-state index contributed by atoms with van der Waals surface area (Å²) in [5.41, 5.74) is 5.87. The van der Waals surface area contributed by atoms with E-state index in [1.165, 1.54) is 24.4 Å². The van der Waals surface area contributed by atoms with E-state index in [1.54, 1.807) is 0 Å². The standard InChI is InChI=1S/C13H21N3O2S2/c1-8(2)16(7-9-3-4-9)13-11(12(14)15-19-13)20(17,18)10-5-6-10/h8-10H,3-7H2,1-2H3,(H2,14,15). The summed E-state index contributed by atoms with van der Waals surface area (Å²) in [6, 6.07) is 0.253. The van der Waals surface area contributed by atoms with Crippen molar-refractivity contribution >= 4 is 32.2 Å². The lowest BCUT2D eigenvalue weighted by molar-refractivity contribution is 0.593. The van der Waals surface area contributed by atoms with Crippen LogP contribution >= 0.6 is 11.5 Å². The van der Waals surface area contributed by atoms with E-state index in [9.17, 15) is 8.42 Å². The van der Waals surface area contributed by atoms with Crippen LogP contribution in [0.4, 0.5) is 10.8 Å². The highest BCUT2D eigenvalue weighted by Gasteiger charge is 2.42. The van der Waals surface area contributed by atoms with Gasteiger partial charge in [-0.25, -0.2) is 8.42 Å². The molecule has 0 amide bonds. The van der Waals surface area contributed by atoms with Gasteiger partial charge in [0.05, 0.1) is 5.25 Å². The quantitative estimate of drug-likeness (QED) is 0.871. The van der Waals surface area contributed by atoms with E-state index in [1.807, 2.05) is 0 Å². The molecule has 2 aliphatic rings. The Hall–Kier alpha value is -0.820. The summed E-state index contributed by atoms with van der Waals surface area (Å²) >= 11 is 1.23. The molecule has 1 heterocycles. The average Bonchev–Trinajstić information content (AvgIpc) is 3.23. The molecule has 3 rings (SSSR count). The van der Waals surface area contributed by atoms with Gasteiger partial charge in [-0.05, 0) is 57.0 Å². The Balaban J connectivity index is 1.99. The molecule has 0 aliphatic heterocycles. The molecule has 2 aliphatic carbocycles. The molecule has 0 atom stereocenters. The molecule has 0 bridgehead atoms. The van der Waals surface area contributed by atoms with Crippen molar-refractivity contribution in [3.8, 4) is 0 Å². The molecule has 20 heavy (non-hydrogen) atoms. The Morgan fingerprint density at radius 3 is 2.50 bits per heavy atom. The Bertz CT molecular complexity index is 601. The molecular weight excluding hydrogens is 294 g/mol. The highest BCUT2D eigenvalue weighted by atomic mass is 32.2. The highest BCUT2D eigenvalue weighted by molar-refractivity contribution is 7.92. The summed E-state index contributed by atoms with van der Waals surface area (Å²) in [6.07, 6.45) is 3.98. The Morgan fingerprint density at radius 2 is 2.00 bits per heavy atom. The minimum atomic E-state index is -3.30. The second-order valence-corrected chi connectivity index (χ2v) is 9.05. The maximum absolute atomic E-state index is 12.6. The number of nitrogen functional groups attached to an aromatic ring is 1. The smallest absolute Gasteiger partial charge is 0.187 e. The lowest BCUT2D eigenvalue weighted by Crippen LogP contribution is -2.33. The van der Waals surface area contributed by atoms with Crippen LogP contribution in [0.1, 0.15) is 39.5 Å². The number of anilines is 2. The minimum absolute atomic E-state index is 0.179. The summed E-state index contributed by atoms with van der Waals surface area (Å²) in [4.78, 5) is 2.46. The second-order valence-electron chi connectivity index (χ2n) is 6.14. The first kappa shape index (κ1) is 14.1. The van der Waals surface area contributed by atoms with Crippen molar-refractivity contribution in [2.45, 2.75) is 55.7 Å². The first-order chi connectivity index (χ1) is 9.41. The van der Waals surface area contributed by atoms with Crippen LogP contribution in [0.3, 0.4) is 0 Å². The fourth-order valence-electron chi connectivity index (χ4n) is 2.39. The number of aromatic nitrogens is 1. The second kappa shape index (κ2) is 4.87. The molecule has 1 aromatic heterocycles. The van der Waals surface area contributed by atoms with E-state index in [0.29, 0.717) is 10.8 Å². The van der Waals surface area contributed by atoms with Gasteiger partial charge in [0.1, 0.15) is 9.90 Å². The van der Waals surface area contributed by atoms with Crippen LogP contribution in [0.2, 0.25) is 0 Å². The lowest BCUT2D eigenvalue weighted by atomic mass is 10.3. The van der Waals surface area contributed by atoms with Crippen LogP contribution < -0.4 is 10.6 Å². The van der Waals surface area contributed by atoms with Crippen LogP contribution in [0.5, 0.6) is 0 Å². The van der Waals surface area contributed by atoms with Crippen LogP contribution in [0.25, 0.3) is 0 Å². The van der Waals surface area contributed by atoms with E-state index in [0.717, 1.165) is 24.4 Å². The number of rotatable bonds is 6. The lowest BCUT2D eigenvalue weighted by Gasteiger charge is -2.28. The predicted octanol–water partition coefficient (Wildman–Crippen LogP) is 2.29. The first-order valence-electron chi connectivity index (χ1n) is 7.17. The van der Waals surface area contributed by atoms with Crippen molar-refractivity contribution in [2.24, 2.45) is 5.92 Å². The van der Waals surface area contributed by atoms with Gasteiger partial charge in [-0.1, -0.05) is 0 Å². The zero-order chi connectivity index (χ0) is 14.5. The first-order valence-corrected chi connectivity index (χ1v) is 9.49. The summed E-state index contributed by atoms with van der Waals surface area (Å²) in [5.74, 6) is 0.871.